The highest BCUT2D eigenvalue weighted by molar-refractivity contribution is 7.92. The van der Waals surface area contributed by atoms with Crippen molar-refractivity contribution >= 4 is 27.3 Å². The van der Waals surface area contributed by atoms with Crippen LogP contribution in [0, 0.1) is 13.8 Å². The molecule has 158 valence electrons. The predicted octanol–water partition coefficient (Wildman–Crippen LogP) is 3.23. The molecule has 0 spiro atoms. The number of hydrogen-bond donors (Lipinski definition) is 1. The third-order valence-electron chi connectivity index (χ3n) is 4.93. The number of sulfonamides is 1. The molecule has 29 heavy (non-hydrogen) atoms. The van der Waals surface area contributed by atoms with E-state index in [2.05, 4.69) is 24.1 Å². The Morgan fingerprint density at radius 1 is 0.966 bits per heavy atom. The summed E-state index contributed by atoms with van der Waals surface area (Å²) in [6.07, 6.45) is 1.12. The second-order valence-corrected chi connectivity index (χ2v) is 9.03. The number of carbonyl (C=O) groups is 1. The van der Waals surface area contributed by atoms with Gasteiger partial charge in [-0.25, -0.2) is 8.42 Å². The molecule has 0 saturated heterocycles. The van der Waals surface area contributed by atoms with Crippen molar-refractivity contribution < 1.29 is 13.2 Å². The molecule has 2 aromatic carbocycles. The lowest BCUT2D eigenvalue weighted by atomic mass is 10.1. The summed E-state index contributed by atoms with van der Waals surface area (Å²) in [6, 6.07) is 13.6. The summed E-state index contributed by atoms with van der Waals surface area (Å²) in [5, 5.41) is 2.83. The second kappa shape index (κ2) is 9.78. The maximum atomic E-state index is 12.5. The van der Waals surface area contributed by atoms with Crippen LogP contribution in [0.15, 0.2) is 42.5 Å². The van der Waals surface area contributed by atoms with Gasteiger partial charge in [0.15, 0.2) is 0 Å². The van der Waals surface area contributed by atoms with E-state index in [9.17, 15) is 13.2 Å². The van der Waals surface area contributed by atoms with Crippen LogP contribution in [0.5, 0.6) is 0 Å². The second-order valence-electron chi connectivity index (χ2n) is 7.13. The van der Waals surface area contributed by atoms with E-state index in [1.165, 1.54) is 4.31 Å². The highest BCUT2D eigenvalue weighted by Crippen LogP contribution is 2.26. The highest BCUT2D eigenvalue weighted by Gasteiger charge is 2.23. The van der Waals surface area contributed by atoms with Crippen molar-refractivity contribution in [2.24, 2.45) is 0 Å². The molecule has 7 heteroatoms. The van der Waals surface area contributed by atoms with Crippen LogP contribution in [0.25, 0.3) is 0 Å². The molecule has 2 aromatic rings. The number of rotatable bonds is 9. The zero-order chi connectivity index (χ0) is 21.6. The molecule has 0 heterocycles. The zero-order valence-electron chi connectivity index (χ0n) is 17.9. The number of benzene rings is 2. The van der Waals surface area contributed by atoms with E-state index in [1.54, 1.807) is 0 Å². The molecule has 0 bridgehead atoms. The number of hydrogen-bond acceptors (Lipinski definition) is 4. The van der Waals surface area contributed by atoms with E-state index >= 15 is 0 Å². The number of nitrogens with zero attached hydrogens (tertiary/aromatic N) is 2. The summed E-state index contributed by atoms with van der Waals surface area (Å²) in [5.41, 5.74) is 4.30. The first-order valence-corrected chi connectivity index (χ1v) is 11.7. The fraction of sp³-hybridized carbons (Fsp3) is 0.409. The molecule has 6 nitrogen and oxygen atoms in total. The average molecular weight is 418 g/mol. The maximum absolute atomic E-state index is 12.5. The van der Waals surface area contributed by atoms with Crippen LogP contribution in [-0.4, -0.2) is 40.2 Å². The van der Waals surface area contributed by atoms with Gasteiger partial charge >= 0.3 is 0 Å². The Balaban J connectivity index is 2.08. The minimum atomic E-state index is -3.60. The molecule has 0 aromatic heterocycles. The van der Waals surface area contributed by atoms with Gasteiger partial charge in [-0.15, -0.1) is 0 Å². The minimum absolute atomic E-state index is 0.248. The van der Waals surface area contributed by atoms with E-state index in [-0.39, 0.29) is 12.5 Å². The van der Waals surface area contributed by atoms with Crippen LogP contribution in [-0.2, 0) is 21.4 Å². The maximum Gasteiger partial charge on any atom is 0.241 e. The largest absolute Gasteiger partial charge is 0.372 e. The van der Waals surface area contributed by atoms with E-state index in [0.717, 1.165) is 41.7 Å². The Kier molecular flexibility index (Phi) is 7.67. The molecule has 2 rings (SSSR count). The SMILES string of the molecule is CCN(CC)c1ccc(CNC(=O)CN(c2c(C)cccc2C)S(C)(=O)=O)cc1. The van der Waals surface area contributed by atoms with E-state index in [0.29, 0.717) is 12.2 Å². The van der Waals surface area contributed by atoms with Crippen molar-refractivity contribution in [1.29, 1.82) is 0 Å². The molecular weight excluding hydrogens is 386 g/mol. The Morgan fingerprint density at radius 2 is 1.52 bits per heavy atom. The highest BCUT2D eigenvalue weighted by atomic mass is 32.2. The number of anilines is 2. The quantitative estimate of drug-likeness (QED) is 0.680. The molecule has 1 amide bonds. The predicted molar refractivity (Wildman–Crippen MR) is 120 cm³/mol. The van der Waals surface area contributed by atoms with Crippen molar-refractivity contribution in [3.05, 3.63) is 59.2 Å². The van der Waals surface area contributed by atoms with Crippen molar-refractivity contribution in [2.45, 2.75) is 34.2 Å². The van der Waals surface area contributed by atoms with Gasteiger partial charge in [0.05, 0.1) is 11.9 Å². The van der Waals surface area contributed by atoms with Crippen molar-refractivity contribution in [2.75, 3.05) is 35.1 Å². The van der Waals surface area contributed by atoms with Gasteiger partial charge in [0.2, 0.25) is 15.9 Å². The average Bonchev–Trinajstić information content (AvgIpc) is 2.66. The monoisotopic (exact) mass is 417 g/mol. The summed E-state index contributed by atoms with van der Waals surface area (Å²) in [4.78, 5) is 14.8. The van der Waals surface area contributed by atoms with Gasteiger partial charge in [0.1, 0.15) is 6.54 Å². The summed E-state index contributed by atoms with van der Waals surface area (Å²) >= 11 is 0. The third kappa shape index (κ3) is 5.97. The zero-order valence-corrected chi connectivity index (χ0v) is 18.7. The summed E-state index contributed by atoms with van der Waals surface area (Å²) in [7, 11) is -3.60. The van der Waals surface area contributed by atoms with Gasteiger partial charge in [-0.3, -0.25) is 9.10 Å². The van der Waals surface area contributed by atoms with E-state index < -0.39 is 10.0 Å². The fourth-order valence-corrected chi connectivity index (χ4v) is 4.33. The molecule has 0 aliphatic heterocycles. The van der Waals surface area contributed by atoms with Crippen LogP contribution in [0.1, 0.15) is 30.5 Å². The van der Waals surface area contributed by atoms with Crippen LogP contribution >= 0.6 is 0 Å². The molecule has 0 atom stereocenters. The van der Waals surface area contributed by atoms with Gasteiger partial charge < -0.3 is 10.2 Å². The molecule has 0 saturated carbocycles. The number of para-hydroxylation sites is 1. The van der Waals surface area contributed by atoms with Crippen molar-refractivity contribution in [3.63, 3.8) is 0 Å². The third-order valence-corrected chi connectivity index (χ3v) is 6.04. The van der Waals surface area contributed by atoms with Gasteiger partial charge in [-0.2, -0.15) is 0 Å². The first-order valence-electron chi connectivity index (χ1n) is 9.81. The van der Waals surface area contributed by atoms with Crippen LogP contribution in [0.4, 0.5) is 11.4 Å². The molecular formula is C22H31N3O3S. The van der Waals surface area contributed by atoms with Crippen molar-refractivity contribution in [3.8, 4) is 0 Å². The summed E-state index contributed by atoms with van der Waals surface area (Å²) in [5.74, 6) is -0.342. The molecule has 0 radical (unpaired) electrons. The van der Waals surface area contributed by atoms with E-state index in [1.807, 2.05) is 56.3 Å². The Bertz CT molecular complexity index is 916. The van der Waals surface area contributed by atoms with Crippen LogP contribution < -0.4 is 14.5 Å². The first-order chi connectivity index (χ1) is 13.7. The van der Waals surface area contributed by atoms with Gasteiger partial charge in [0, 0.05) is 25.3 Å². The molecule has 1 N–H and O–H groups in total. The summed E-state index contributed by atoms with van der Waals surface area (Å²) in [6.45, 7) is 9.89. The van der Waals surface area contributed by atoms with Crippen molar-refractivity contribution in [1.82, 2.24) is 5.32 Å². The lowest BCUT2D eigenvalue weighted by Gasteiger charge is -2.25. The molecule has 0 aliphatic carbocycles. The summed E-state index contributed by atoms with van der Waals surface area (Å²) < 4.78 is 25.9. The first kappa shape index (κ1) is 22.7. The van der Waals surface area contributed by atoms with Gasteiger partial charge in [-0.1, -0.05) is 30.3 Å². The molecule has 0 fully saturated rings. The van der Waals surface area contributed by atoms with Crippen LogP contribution in [0.3, 0.4) is 0 Å². The lowest BCUT2D eigenvalue weighted by molar-refractivity contribution is -0.119. The Hall–Kier alpha value is -2.54. The molecule has 0 unspecified atom stereocenters. The Labute approximate surface area is 174 Å². The van der Waals surface area contributed by atoms with E-state index in [4.69, 9.17) is 0 Å². The number of nitrogens with one attached hydrogen (secondary N) is 1. The smallest absolute Gasteiger partial charge is 0.241 e. The fourth-order valence-electron chi connectivity index (χ4n) is 3.36. The van der Waals surface area contributed by atoms with Crippen LogP contribution in [0.2, 0.25) is 0 Å². The molecule has 0 aliphatic rings. The van der Waals surface area contributed by atoms with Gasteiger partial charge in [-0.05, 0) is 56.5 Å². The standard InChI is InChI=1S/C22H31N3O3S/c1-6-24(7-2)20-13-11-19(12-14-20)15-23-21(26)16-25(29(5,27)28)22-17(3)9-8-10-18(22)4/h8-14H,6-7,15-16H2,1-5H3,(H,23,26). The minimum Gasteiger partial charge on any atom is -0.372 e. The number of carbonyl (C=O) groups excluding carboxylic acids is 1. The Morgan fingerprint density at radius 3 is 2.00 bits per heavy atom. The lowest BCUT2D eigenvalue weighted by Crippen LogP contribution is -2.40. The van der Waals surface area contributed by atoms with Gasteiger partial charge in [0.25, 0.3) is 0 Å². The number of aryl methyl sites for hydroxylation is 2. The number of amides is 1. The topological polar surface area (TPSA) is 69.7 Å². The normalized spacial score (nSPS) is 11.2.